The fraction of sp³-hybridized carbons (Fsp3) is 0.0400. The highest BCUT2D eigenvalue weighted by atomic mass is 15.1. The predicted octanol–water partition coefficient (Wildman–Crippen LogP) is 12.2. The molecule has 1 nitrogen and oxygen atoms in total. The average molecular weight is 650 g/mol. The van der Waals surface area contributed by atoms with Gasteiger partial charge in [0.15, 0.2) is 0 Å². The van der Waals surface area contributed by atoms with Crippen molar-refractivity contribution < 1.29 is 0 Å². The summed E-state index contributed by atoms with van der Waals surface area (Å²) in [5.74, 6) is 0. The third-order valence-corrected chi connectivity index (χ3v) is 11.2. The molecule has 0 spiro atoms. The minimum Gasteiger partial charge on any atom is -0.310 e. The Morgan fingerprint density at radius 3 is 1.12 bits per heavy atom. The molecule has 0 aliphatic heterocycles. The summed E-state index contributed by atoms with van der Waals surface area (Å²) in [6.07, 6.45) is 0. The van der Waals surface area contributed by atoms with Gasteiger partial charge in [-0.1, -0.05) is 170 Å². The van der Waals surface area contributed by atoms with Crippen molar-refractivity contribution in [2.75, 3.05) is 4.90 Å². The van der Waals surface area contributed by atoms with E-state index in [-0.39, 0.29) is 0 Å². The normalized spacial score (nSPS) is 18.0. The van der Waals surface area contributed by atoms with Gasteiger partial charge in [-0.15, -0.1) is 0 Å². The largest absolute Gasteiger partial charge is 0.310 e. The molecule has 0 atom stereocenters. The topological polar surface area (TPSA) is 3.24 Å². The maximum atomic E-state index is 2.50. The van der Waals surface area contributed by atoms with Crippen molar-refractivity contribution in [1.29, 1.82) is 0 Å². The first-order chi connectivity index (χ1) is 25.3. The molecule has 8 aromatic carbocycles. The molecule has 0 saturated heterocycles. The molecule has 0 aromatic heterocycles. The maximum Gasteiger partial charge on any atom is 0.0711 e. The molecule has 8 aromatic rings. The number of para-hydroxylation sites is 2. The lowest BCUT2D eigenvalue weighted by Crippen LogP contribution is -2.51. The summed E-state index contributed by atoms with van der Waals surface area (Å²) < 4.78 is 0. The van der Waals surface area contributed by atoms with Crippen molar-refractivity contribution in [2.24, 2.45) is 0 Å². The fourth-order valence-electron chi connectivity index (χ4n) is 9.24. The highest BCUT2D eigenvalue weighted by molar-refractivity contribution is 5.85. The molecule has 0 heterocycles. The molecule has 2 bridgehead atoms. The summed E-state index contributed by atoms with van der Waals surface area (Å²) in [5.41, 5.74) is 15.6. The smallest absolute Gasteiger partial charge is 0.0711 e. The minimum absolute atomic E-state index is 0.446. The number of benzene rings is 8. The lowest BCUT2D eigenvalue weighted by atomic mass is 9.44. The van der Waals surface area contributed by atoms with Crippen LogP contribution in [0, 0.1) is 0 Å². The van der Waals surface area contributed by atoms with Crippen molar-refractivity contribution in [3.8, 4) is 11.1 Å². The van der Waals surface area contributed by atoms with Crippen molar-refractivity contribution in [2.45, 2.75) is 10.8 Å². The minimum atomic E-state index is -0.478. The summed E-state index contributed by atoms with van der Waals surface area (Å²) in [7, 11) is 0. The Labute approximate surface area is 299 Å². The van der Waals surface area contributed by atoms with Crippen LogP contribution in [0.1, 0.15) is 44.5 Å². The molecule has 51 heavy (non-hydrogen) atoms. The molecule has 3 aliphatic rings. The van der Waals surface area contributed by atoms with Crippen LogP contribution in [0.5, 0.6) is 0 Å². The molecule has 0 radical (unpaired) electrons. The van der Waals surface area contributed by atoms with E-state index >= 15 is 0 Å². The highest BCUT2D eigenvalue weighted by Gasteiger charge is 2.59. The van der Waals surface area contributed by atoms with Gasteiger partial charge in [0.1, 0.15) is 0 Å². The van der Waals surface area contributed by atoms with Crippen LogP contribution < -0.4 is 4.90 Å². The summed E-state index contributed by atoms with van der Waals surface area (Å²) in [6.45, 7) is 0. The molecule has 0 unspecified atom stereocenters. The van der Waals surface area contributed by atoms with Crippen LogP contribution in [0.3, 0.4) is 0 Å². The van der Waals surface area contributed by atoms with Crippen LogP contribution in [0.4, 0.5) is 17.1 Å². The first kappa shape index (κ1) is 29.5. The van der Waals surface area contributed by atoms with Crippen LogP contribution in [0.15, 0.2) is 212 Å². The van der Waals surface area contributed by atoms with Gasteiger partial charge in [0.05, 0.1) is 10.8 Å². The second kappa shape index (κ2) is 11.6. The monoisotopic (exact) mass is 649 g/mol. The van der Waals surface area contributed by atoms with Crippen LogP contribution in [0.25, 0.3) is 11.1 Å². The molecular formula is C50H35N. The van der Waals surface area contributed by atoms with Crippen LogP contribution in [-0.2, 0) is 10.8 Å². The Bertz CT molecular complexity index is 2430. The van der Waals surface area contributed by atoms with E-state index in [2.05, 4.69) is 217 Å². The second-order valence-corrected chi connectivity index (χ2v) is 13.6. The van der Waals surface area contributed by atoms with E-state index in [1.165, 1.54) is 55.6 Å². The zero-order chi connectivity index (χ0) is 33.8. The van der Waals surface area contributed by atoms with Crippen molar-refractivity contribution in [3.63, 3.8) is 0 Å². The average Bonchev–Trinajstić information content (AvgIpc) is 3.22. The van der Waals surface area contributed by atoms with E-state index < -0.39 is 10.8 Å². The van der Waals surface area contributed by atoms with Gasteiger partial charge >= 0.3 is 0 Å². The van der Waals surface area contributed by atoms with Gasteiger partial charge in [0.25, 0.3) is 0 Å². The van der Waals surface area contributed by atoms with Crippen molar-refractivity contribution >= 4 is 17.1 Å². The number of hydrogen-bond acceptors (Lipinski definition) is 1. The summed E-state index contributed by atoms with van der Waals surface area (Å²) in [6, 6.07) is 78.2. The van der Waals surface area contributed by atoms with Crippen LogP contribution in [-0.4, -0.2) is 0 Å². The molecule has 240 valence electrons. The standard InChI is InChI=1S/C50H35N/c1-5-19-38(20-6-1)49-43-28-13-15-30-45(43)50(39-21-7-2-8-22-39,46-31-16-14-29-44(46)49)48-35-37(32-33-47(48)49)36-18-17-27-42(34-36)51(40-23-9-3-10-24-40)41-25-11-4-12-26-41/h1-35H. The van der Waals surface area contributed by atoms with Crippen LogP contribution >= 0.6 is 0 Å². The van der Waals surface area contributed by atoms with E-state index in [0.29, 0.717) is 0 Å². The summed E-state index contributed by atoms with van der Waals surface area (Å²) in [4.78, 5) is 2.34. The quantitative estimate of drug-likeness (QED) is 0.173. The van der Waals surface area contributed by atoms with Gasteiger partial charge in [-0.2, -0.15) is 0 Å². The molecule has 0 amide bonds. The molecule has 1 heteroatoms. The molecule has 3 aliphatic carbocycles. The summed E-state index contributed by atoms with van der Waals surface area (Å²) >= 11 is 0. The van der Waals surface area contributed by atoms with E-state index in [1.54, 1.807) is 0 Å². The fourth-order valence-corrected chi connectivity index (χ4v) is 9.24. The Morgan fingerprint density at radius 1 is 0.255 bits per heavy atom. The molecule has 0 fully saturated rings. The van der Waals surface area contributed by atoms with E-state index in [0.717, 1.165) is 17.1 Å². The number of anilines is 3. The third kappa shape index (κ3) is 4.16. The van der Waals surface area contributed by atoms with Crippen molar-refractivity contribution in [3.05, 3.63) is 257 Å². The highest BCUT2D eigenvalue weighted by Crippen LogP contribution is 2.66. The zero-order valence-corrected chi connectivity index (χ0v) is 28.2. The zero-order valence-electron chi connectivity index (χ0n) is 28.2. The van der Waals surface area contributed by atoms with Gasteiger partial charge in [-0.3, -0.25) is 0 Å². The van der Waals surface area contributed by atoms with Gasteiger partial charge in [0, 0.05) is 17.1 Å². The Morgan fingerprint density at radius 2 is 0.627 bits per heavy atom. The maximum absolute atomic E-state index is 2.50. The van der Waals surface area contributed by atoms with Gasteiger partial charge in [-0.25, -0.2) is 0 Å². The van der Waals surface area contributed by atoms with Gasteiger partial charge in [-0.05, 0) is 98.1 Å². The number of hydrogen-bond donors (Lipinski definition) is 0. The predicted molar refractivity (Wildman–Crippen MR) is 210 cm³/mol. The van der Waals surface area contributed by atoms with E-state index in [4.69, 9.17) is 0 Å². The SMILES string of the molecule is c1ccc(N(c2ccccc2)c2cccc(-c3ccc4c(c3)C3(c5ccccc5)c5ccccc5C4(c4ccccc4)c4ccccc43)c2)cc1. The molecule has 0 saturated carbocycles. The van der Waals surface area contributed by atoms with E-state index in [1.807, 2.05) is 0 Å². The first-order valence-corrected chi connectivity index (χ1v) is 17.8. The third-order valence-electron chi connectivity index (χ3n) is 11.2. The number of rotatable bonds is 6. The number of nitrogens with zero attached hydrogens (tertiary/aromatic N) is 1. The Balaban J connectivity index is 1.26. The van der Waals surface area contributed by atoms with E-state index in [9.17, 15) is 0 Å². The van der Waals surface area contributed by atoms with Crippen LogP contribution in [0.2, 0.25) is 0 Å². The molecular weight excluding hydrogens is 615 g/mol. The lowest BCUT2D eigenvalue weighted by molar-refractivity contribution is 0.557. The lowest BCUT2D eigenvalue weighted by Gasteiger charge is -2.57. The second-order valence-electron chi connectivity index (χ2n) is 13.6. The Kier molecular flexibility index (Phi) is 6.69. The first-order valence-electron chi connectivity index (χ1n) is 17.8. The Hall–Kier alpha value is -6.44. The molecule has 11 rings (SSSR count). The molecule has 0 N–H and O–H groups in total. The van der Waals surface area contributed by atoms with Gasteiger partial charge < -0.3 is 4.90 Å². The van der Waals surface area contributed by atoms with Crippen molar-refractivity contribution in [1.82, 2.24) is 0 Å². The summed E-state index contributed by atoms with van der Waals surface area (Å²) in [5, 5.41) is 0. The van der Waals surface area contributed by atoms with Gasteiger partial charge in [0.2, 0.25) is 0 Å².